The van der Waals surface area contributed by atoms with Crippen LogP contribution in [0.15, 0.2) is 41.5 Å². The molecule has 4 nitrogen and oxygen atoms in total. The third-order valence-electron chi connectivity index (χ3n) is 3.84. The Morgan fingerprint density at radius 1 is 1.33 bits per heavy atom. The number of allylic oxidation sites excluding steroid dienone is 2. The monoisotopic (exact) mass is 238 g/mol. The minimum absolute atomic E-state index is 0.571. The summed E-state index contributed by atoms with van der Waals surface area (Å²) in [5.41, 5.74) is 6.28. The van der Waals surface area contributed by atoms with Gasteiger partial charge in [-0.1, -0.05) is 24.3 Å². The highest BCUT2D eigenvalue weighted by atomic mass is 15.4. The molecule has 0 bridgehead atoms. The van der Waals surface area contributed by atoms with Gasteiger partial charge >= 0.3 is 0 Å². The summed E-state index contributed by atoms with van der Waals surface area (Å²) in [7, 11) is 0. The fourth-order valence-electron chi connectivity index (χ4n) is 2.79. The predicted molar refractivity (Wildman–Crippen MR) is 72.5 cm³/mol. The van der Waals surface area contributed by atoms with Gasteiger partial charge in [0, 0.05) is 11.6 Å². The van der Waals surface area contributed by atoms with Crippen molar-refractivity contribution < 1.29 is 0 Å². The minimum Gasteiger partial charge on any atom is -0.323 e. The third-order valence-corrected chi connectivity index (χ3v) is 3.84. The average molecular weight is 238 g/mol. The molecule has 0 amide bonds. The van der Waals surface area contributed by atoms with Crippen LogP contribution >= 0.6 is 0 Å². The van der Waals surface area contributed by atoms with Gasteiger partial charge in [-0.3, -0.25) is 0 Å². The number of fused-ring (bicyclic) bond motifs is 2. The molecule has 2 atom stereocenters. The summed E-state index contributed by atoms with van der Waals surface area (Å²) in [5.74, 6) is 2.09. The van der Waals surface area contributed by atoms with Gasteiger partial charge in [0.15, 0.2) is 0 Å². The topological polar surface area (TPSA) is 53.1 Å². The maximum Gasteiger partial charge on any atom is 0.222 e. The number of hydrazone groups is 1. The molecular weight excluding hydrogens is 224 g/mol. The van der Waals surface area contributed by atoms with Crippen molar-refractivity contribution in [2.45, 2.75) is 12.8 Å². The summed E-state index contributed by atoms with van der Waals surface area (Å²) in [6.07, 6.45) is 6.87. The number of aromatic nitrogens is 2. The van der Waals surface area contributed by atoms with E-state index in [9.17, 15) is 0 Å². The molecule has 2 unspecified atom stereocenters. The van der Waals surface area contributed by atoms with E-state index in [2.05, 4.69) is 32.6 Å². The van der Waals surface area contributed by atoms with E-state index in [-0.39, 0.29) is 0 Å². The number of hydrogen-bond donors (Lipinski definition) is 2. The normalized spacial score (nSPS) is 27.4. The highest BCUT2D eigenvalue weighted by Gasteiger charge is 2.37. The van der Waals surface area contributed by atoms with Crippen molar-refractivity contribution in [2.75, 3.05) is 5.43 Å². The molecule has 4 heteroatoms. The van der Waals surface area contributed by atoms with Crippen LogP contribution in [0.3, 0.4) is 0 Å². The minimum atomic E-state index is 0.571. The maximum absolute atomic E-state index is 4.46. The molecule has 2 aliphatic rings. The standard InChI is InChI=1S/C14H14N4/c1-2-7-12-11(6-1)15-14(16-12)18-17-13-8-9-4-3-5-10(9)13/h1-3,5-7,9-10H,4,8H2,(H2,15,16,18). The van der Waals surface area contributed by atoms with Crippen LogP contribution in [0.1, 0.15) is 12.8 Å². The fourth-order valence-corrected chi connectivity index (χ4v) is 2.79. The van der Waals surface area contributed by atoms with Crippen molar-refractivity contribution in [1.82, 2.24) is 9.97 Å². The number of H-pyrrole nitrogens is 1. The Hall–Kier alpha value is -2.10. The highest BCUT2D eigenvalue weighted by Crippen LogP contribution is 2.40. The van der Waals surface area contributed by atoms with Crippen LogP contribution in [0.25, 0.3) is 11.0 Å². The molecule has 1 aromatic heterocycles. The SMILES string of the molecule is C1=CC2C(=NNc3nc4ccccc4[nH]3)CC2C1. The lowest BCUT2D eigenvalue weighted by atomic mass is 9.74. The Labute approximate surface area is 105 Å². The zero-order valence-electron chi connectivity index (χ0n) is 9.93. The van der Waals surface area contributed by atoms with Crippen LogP contribution in [-0.2, 0) is 0 Å². The first kappa shape index (κ1) is 9.88. The van der Waals surface area contributed by atoms with Crippen molar-refractivity contribution in [2.24, 2.45) is 16.9 Å². The molecule has 0 spiro atoms. The number of nitrogens with zero attached hydrogens (tertiary/aromatic N) is 2. The quantitative estimate of drug-likeness (QED) is 0.624. The largest absolute Gasteiger partial charge is 0.323 e. The molecule has 18 heavy (non-hydrogen) atoms. The van der Waals surface area contributed by atoms with E-state index < -0.39 is 0 Å². The highest BCUT2D eigenvalue weighted by molar-refractivity contribution is 5.95. The fraction of sp³-hybridized carbons (Fsp3) is 0.286. The molecule has 2 aliphatic carbocycles. The molecule has 1 saturated carbocycles. The second-order valence-electron chi connectivity index (χ2n) is 4.97. The molecule has 1 aromatic carbocycles. The Kier molecular flexibility index (Phi) is 2.03. The average Bonchev–Trinajstić information content (AvgIpc) is 2.93. The van der Waals surface area contributed by atoms with Crippen molar-refractivity contribution in [3.63, 3.8) is 0 Å². The van der Waals surface area contributed by atoms with Crippen molar-refractivity contribution >= 4 is 22.7 Å². The van der Waals surface area contributed by atoms with Gasteiger partial charge in [-0.2, -0.15) is 5.10 Å². The number of anilines is 1. The van der Waals surface area contributed by atoms with Gasteiger partial charge in [0.1, 0.15) is 0 Å². The lowest BCUT2D eigenvalue weighted by Crippen LogP contribution is -2.33. The molecule has 90 valence electrons. The summed E-state index contributed by atoms with van der Waals surface area (Å²) in [5, 5.41) is 4.46. The third kappa shape index (κ3) is 1.45. The van der Waals surface area contributed by atoms with E-state index in [1.54, 1.807) is 0 Å². The number of hydrogen-bond acceptors (Lipinski definition) is 3. The smallest absolute Gasteiger partial charge is 0.222 e. The van der Waals surface area contributed by atoms with Crippen LogP contribution in [0.2, 0.25) is 0 Å². The summed E-state index contributed by atoms with van der Waals surface area (Å²) in [6, 6.07) is 7.98. The van der Waals surface area contributed by atoms with Gasteiger partial charge in [-0.15, -0.1) is 0 Å². The molecule has 0 radical (unpaired) electrons. The molecule has 4 rings (SSSR count). The van der Waals surface area contributed by atoms with Crippen molar-refractivity contribution in [1.29, 1.82) is 0 Å². The number of para-hydroxylation sites is 2. The molecule has 2 aromatic rings. The summed E-state index contributed by atoms with van der Waals surface area (Å²) in [4.78, 5) is 7.65. The first-order chi connectivity index (χ1) is 8.90. The molecule has 0 saturated heterocycles. The Morgan fingerprint density at radius 3 is 3.17 bits per heavy atom. The molecule has 2 N–H and O–H groups in total. The van der Waals surface area contributed by atoms with Gasteiger partial charge in [0.05, 0.1) is 11.0 Å². The van der Waals surface area contributed by atoms with Crippen LogP contribution in [0.4, 0.5) is 5.95 Å². The Morgan fingerprint density at radius 2 is 2.28 bits per heavy atom. The van der Waals surface area contributed by atoms with E-state index >= 15 is 0 Å². The van der Waals surface area contributed by atoms with Gasteiger partial charge < -0.3 is 4.98 Å². The number of nitrogens with one attached hydrogen (secondary N) is 2. The zero-order chi connectivity index (χ0) is 11.9. The summed E-state index contributed by atoms with van der Waals surface area (Å²) in [6.45, 7) is 0. The molecule has 1 heterocycles. The zero-order valence-corrected chi connectivity index (χ0v) is 9.93. The van der Waals surface area contributed by atoms with E-state index in [1.165, 1.54) is 12.1 Å². The second-order valence-corrected chi connectivity index (χ2v) is 4.97. The molecular formula is C14H14N4. The maximum atomic E-state index is 4.46. The van der Waals surface area contributed by atoms with Gasteiger partial charge in [-0.05, 0) is 30.9 Å². The van der Waals surface area contributed by atoms with Gasteiger partial charge in [0.25, 0.3) is 0 Å². The van der Waals surface area contributed by atoms with E-state index in [0.29, 0.717) is 11.9 Å². The second kappa shape index (κ2) is 3.70. The Balaban J connectivity index is 1.55. The molecule has 0 aliphatic heterocycles. The van der Waals surface area contributed by atoms with E-state index in [1.807, 2.05) is 24.3 Å². The number of benzene rings is 1. The van der Waals surface area contributed by atoms with Crippen LogP contribution in [-0.4, -0.2) is 15.7 Å². The van der Waals surface area contributed by atoms with Crippen molar-refractivity contribution in [3.05, 3.63) is 36.4 Å². The Bertz CT molecular complexity index is 620. The summed E-state index contributed by atoms with van der Waals surface area (Å²) >= 11 is 0. The summed E-state index contributed by atoms with van der Waals surface area (Å²) < 4.78 is 0. The predicted octanol–water partition coefficient (Wildman–Crippen LogP) is 2.93. The van der Waals surface area contributed by atoms with Gasteiger partial charge in [-0.25, -0.2) is 10.4 Å². The van der Waals surface area contributed by atoms with E-state index in [4.69, 9.17) is 0 Å². The van der Waals surface area contributed by atoms with Crippen LogP contribution in [0.5, 0.6) is 0 Å². The lowest BCUT2D eigenvalue weighted by molar-refractivity contribution is 0.447. The van der Waals surface area contributed by atoms with E-state index in [0.717, 1.165) is 23.4 Å². The van der Waals surface area contributed by atoms with Crippen LogP contribution < -0.4 is 5.43 Å². The van der Waals surface area contributed by atoms with Crippen LogP contribution in [0, 0.1) is 11.8 Å². The number of imidazole rings is 1. The first-order valence-corrected chi connectivity index (χ1v) is 6.34. The first-order valence-electron chi connectivity index (χ1n) is 6.34. The molecule has 1 fully saturated rings. The number of rotatable bonds is 2. The van der Waals surface area contributed by atoms with Gasteiger partial charge in [0.2, 0.25) is 5.95 Å². The lowest BCUT2D eigenvalue weighted by Gasteiger charge is -2.31. The van der Waals surface area contributed by atoms with Crippen molar-refractivity contribution in [3.8, 4) is 0 Å². The number of aromatic amines is 1.